The van der Waals surface area contributed by atoms with Gasteiger partial charge >= 0.3 is 11.9 Å². The van der Waals surface area contributed by atoms with Crippen LogP contribution in [0.4, 0.5) is 0 Å². The number of nitrogens with zero attached hydrogens (tertiary/aromatic N) is 1. The van der Waals surface area contributed by atoms with Gasteiger partial charge in [-0.3, -0.25) is 14.2 Å². The van der Waals surface area contributed by atoms with Gasteiger partial charge in [0.15, 0.2) is 6.10 Å². The molecule has 11 heteroatoms. The van der Waals surface area contributed by atoms with Crippen LogP contribution in [-0.2, 0) is 32.7 Å². The van der Waals surface area contributed by atoms with Crippen LogP contribution in [0, 0.1) is 0 Å². The Bertz CT molecular complexity index is 1310. The summed E-state index contributed by atoms with van der Waals surface area (Å²) in [5, 5.41) is 9.73. The van der Waals surface area contributed by atoms with Crippen LogP contribution in [0.2, 0.25) is 0 Å². The first-order chi connectivity index (χ1) is 27.4. The molecule has 1 N–H and O–H groups in total. The molecule has 0 aliphatic carbocycles. The summed E-state index contributed by atoms with van der Waals surface area (Å²) in [5.74, 6) is -0.982. The second kappa shape index (κ2) is 37.2. The number of quaternary nitrogens is 1. The lowest BCUT2D eigenvalue weighted by Crippen LogP contribution is -2.37. The van der Waals surface area contributed by atoms with Gasteiger partial charge in [-0.25, -0.2) is 0 Å². The van der Waals surface area contributed by atoms with Crippen molar-refractivity contribution < 1.29 is 47.2 Å². The zero-order chi connectivity index (χ0) is 42.3. The summed E-state index contributed by atoms with van der Waals surface area (Å²) in [6, 6.07) is 0. The lowest BCUT2D eigenvalue weighted by Gasteiger charge is -2.28. The van der Waals surface area contributed by atoms with Crippen molar-refractivity contribution in [3.05, 3.63) is 97.2 Å². The predicted molar refractivity (Wildman–Crippen MR) is 232 cm³/mol. The minimum absolute atomic E-state index is 0.0595. The minimum Gasteiger partial charge on any atom is -0.756 e. The Balaban J connectivity index is 4.59. The van der Waals surface area contributed by atoms with Gasteiger partial charge in [0, 0.05) is 12.8 Å². The van der Waals surface area contributed by atoms with Gasteiger partial charge in [-0.15, -0.1) is 0 Å². The molecule has 0 spiro atoms. The highest BCUT2D eigenvalue weighted by Gasteiger charge is 2.21. The molecule has 0 heterocycles. The first-order valence-electron chi connectivity index (χ1n) is 21.0. The van der Waals surface area contributed by atoms with E-state index >= 15 is 0 Å². The third-order valence-corrected chi connectivity index (χ3v) is 9.11. The number of carbonyl (C=O) groups excluding carboxylic acids is 2. The number of esters is 2. The van der Waals surface area contributed by atoms with Crippen molar-refractivity contribution in [3.8, 4) is 0 Å². The number of hydrogen-bond donors (Lipinski definition) is 1. The van der Waals surface area contributed by atoms with E-state index in [0.29, 0.717) is 36.7 Å². The van der Waals surface area contributed by atoms with Gasteiger partial charge < -0.3 is 33.0 Å². The highest BCUT2D eigenvalue weighted by atomic mass is 31.2. The Kier molecular flexibility index (Phi) is 35.2. The largest absolute Gasteiger partial charge is 0.756 e. The molecule has 324 valence electrons. The monoisotopic (exact) mass is 818 g/mol. The lowest BCUT2D eigenvalue weighted by molar-refractivity contribution is -0.870. The molecule has 0 saturated heterocycles. The summed E-state index contributed by atoms with van der Waals surface area (Å²) in [6.45, 7) is 3.75. The third kappa shape index (κ3) is 40.9. The van der Waals surface area contributed by atoms with E-state index in [1.54, 1.807) is 0 Å². The number of hydrogen-bond acceptors (Lipinski definition) is 9. The van der Waals surface area contributed by atoms with Crippen LogP contribution in [0.25, 0.3) is 0 Å². The first kappa shape index (κ1) is 53.9. The fourth-order valence-corrected chi connectivity index (χ4v) is 5.61. The number of aliphatic hydroxyl groups excluding tert-OH is 1. The standard InChI is InChI=1S/C46H76NO9P/c1-6-8-9-10-11-12-13-14-15-18-22-25-28-31-34-38-46(50)56-44(42-55-57(51,52)54-40-39-47(3,4)5)41-53-45(49)37-33-30-27-24-21-19-16-17-20-23-26-29-32-36-43(48)35-7-2/h8-9,11-12,14-16,19-20,22-25,27,29,32,43-44,48H,6-7,10,13,17-18,21,26,28,30-31,33-42H2,1-5H3/b9-8-,12-11-,15-14-,19-16-,23-20-,25-22-,27-24-,32-29-/t43?,44-/m1/s1. The van der Waals surface area contributed by atoms with Gasteiger partial charge in [-0.05, 0) is 89.9 Å². The van der Waals surface area contributed by atoms with Crippen LogP contribution in [0.1, 0.15) is 123 Å². The minimum atomic E-state index is -4.66. The molecule has 0 rings (SSSR count). The van der Waals surface area contributed by atoms with Crippen molar-refractivity contribution in [1.82, 2.24) is 0 Å². The maximum Gasteiger partial charge on any atom is 0.306 e. The maximum absolute atomic E-state index is 12.6. The normalized spacial score (nSPS) is 15.1. The Hall–Kier alpha value is -3.11. The zero-order valence-electron chi connectivity index (χ0n) is 35.8. The van der Waals surface area contributed by atoms with Crippen molar-refractivity contribution in [2.45, 2.75) is 135 Å². The molecule has 57 heavy (non-hydrogen) atoms. The van der Waals surface area contributed by atoms with Crippen molar-refractivity contribution in [1.29, 1.82) is 0 Å². The van der Waals surface area contributed by atoms with Gasteiger partial charge in [-0.1, -0.05) is 117 Å². The number of phosphoric acid groups is 1. The topological polar surface area (TPSA) is 131 Å². The van der Waals surface area contributed by atoms with Crippen molar-refractivity contribution >= 4 is 19.8 Å². The van der Waals surface area contributed by atoms with Crippen LogP contribution in [0.15, 0.2) is 97.2 Å². The Morgan fingerprint density at radius 3 is 1.67 bits per heavy atom. The first-order valence-corrected chi connectivity index (χ1v) is 22.5. The summed E-state index contributed by atoms with van der Waals surface area (Å²) in [6.07, 6.45) is 45.1. The van der Waals surface area contributed by atoms with Crippen LogP contribution in [0.3, 0.4) is 0 Å². The zero-order valence-corrected chi connectivity index (χ0v) is 36.7. The molecule has 2 unspecified atom stereocenters. The Labute approximate surface area is 346 Å². The lowest BCUT2D eigenvalue weighted by atomic mass is 10.1. The molecule has 10 nitrogen and oxygen atoms in total. The van der Waals surface area contributed by atoms with E-state index in [9.17, 15) is 24.2 Å². The number of allylic oxidation sites excluding steroid dienone is 15. The molecule has 0 aromatic rings. The SMILES string of the molecule is CC/C=C\C/C=C\C/C=C\C/C=C\CCCCC(=O)O[C@H](COC(=O)CCC/C=C\C/C=C\C/C=C\C/C=C\CC(O)CCC)COP(=O)([O-])OCC[N+](C)(C)C. The number of unbranched alkanes of at least 4 members (excludes halogenated alkanes) is 3. The average molecular weight is 818 g/mol. The molecule has 0 amide bonds. The van der Waals surface area contributed by atoms with Gasteiger partial charge in [0.1, 0.15) is 19.8 Å². The van der Waals surface area contributed by atoms with Gasteiger partial charge in [0.05, 0.1) is 33.9 Å². The van der Waals surface area contributed by atoms with Gasteiger partial charge in [-0.2, -0.15) is 0 Å². The molecule has 0 aliphatic heterocycles. The maximum atomic E-state index is 12.6. The van der Waals surface area contributed by atoms with Crippen molar-refractivity contribution in [2.75, 3.05) is 47.5 Å². The summed E-state index contributed by atoms with van der Waals surface area (Å²) in [4.78, 5) is 37.4. The third-order valence-electron chi connectivity index (χ3n) is 8.14. The molecular formula is C46H76NO9P. The van der Waals surface area contributed by atoms with Crippen LogP contribution in [-0.4, -0.2) is 81.2 Å². The molecule has 0 aromatic carbocycles. The molecule has 0 aromatic heterocycles. The van der Waals surface area contributed by atoms with E-state index in [0.717, 1.165) is 70.6 Å². The predicted octanol–water partition coefficient (Wildman–Crippen LogP) is 10.1. The summed E-state index contributed by atoms with van der Waals surface area (Å²) in [5.41, 5.74) is 0. The van der Waals surface area contributed by atoms with E-state index < -0.39 is 32.5 Å². The van der Waals surface area contributed by atoms with E-state index in [1.165, 1.54) is 0 Å². The average Bonchev–Trinajstić information content (AvgIpc) is 3.15. The smallest absolute Gasteiger partial charge is 0.306 e. The molecule has 3 atom stereocenters. The molecule has 0 saturated carbocycles. The fraction of sp³-hybridized carbons (Fsp3) is 0.609. The van der Waals surface area contributed by atoms with Crippen molar-refractivity contribution in [2.24, 2.45) is 0 Å². The molecule has 0 aliphatic rings. The number of ether oxygens (including phenoxy) is 2. The van der Waals surface area contributed by atoms with E-state index in [4.69, 9.17) is 18.5 Å². The van der Waals surface area contributed by atoms with Gasteiger partial charge in [0.25, 0.3) is 7.82 Å². The number of rotatable bonds is 36. The fourth-order valence-electron chi connectivity index (χ4n) is 4.89. The van der Waals surface area contributed by atoms with Crippen LogP contribution < -0.4 is 4.89 Å². The van der Waals surface area contributed by atoms with Crippen molar-refractivity contribution in [3.63, 3.8) is 0 Å². The van der Waals surface area contributed by atoms with E-state index in [1.807, 2.05) is 33.3 Å². The summed E-state index contributed by atoms with van der Waals surface area (Å²) < 4.78 is 33.7. The summed E-state index contributed by atoms with van der Waals surface area (Å²) in [7, 11) is 1.07. The molecular weight excluding hydrogens is 741 g/mol. The molecule has 0 radical (unpaired) electrons. The second-order valence-corrected chi connectivity index (χ2v) is 16.2. The highest BCUT2D eigenvalue weighted by Crippen LogP contribution is 2.38. The van der Waals surface area contributed by atoms with Crippen LogP contribution in [0.5, 0.6) is 0 Å². The van der Waals surface area contributed by atoms with E-state index in [-0.39, 0.29) is 32.2 Å². The molecule has 0 fully saturated rings. The van der Waals surface area contributed by atoms with E-state index in [2.05, 4.69) is 98.9 Å². The Morgan fingerprint density at radius 1 is 0.649 bits per heavy atom. The highest BCUT2D eigenvalue weighted by molar-refractivity contribution is 7.45. The quantitative estimate of drug-likeness (QED) is 0.0216. The Morgan fingerprint density at radius 2 is 1.14 bits per heavy atom. The number of aliphatic hydroxyl groups is 1. The molecule has 0 bridgehead atoms. The second-order valence-electron chi connectivity index (χ2n) is 14.8. The van der Waals surface area contributed by atoms with Gasteiger partial charge in [0.2, 0.25) is 0 Å². The number of carbonyl (C=O) groups is 2. The number of likely N-dealkylation sites (N-methyl/N-ethyl adjacent to an activating group) is 1. The number of phosphoric ester groups is 1. The summed E-state index contributed by atoms with van der Waals surface area (Å²) >= 11 is 0. The van der Waals surface area contributed by atoms with Crippen LogP contribution >= 0.6 is 7.82 Å².